The first-order valence-corrected chi connectivity index (χ1v) is 4.92. The van der Waals surface area contributed by atoms with Gasteiger partial charge < -0.3 is 10.5 Å². The molecule has 0 amide bonds. The van der Waals surface area contributed by atoms with Crippen molar-refractivity contribution in [3.8, 4) is 0 Å². The Balaban J connectivity index is 1.95. The fourth-order valence-electron chi connectivity index (χ4n) is 2.27. The smallest absolute Gasteiger partial charge is 0.320 e. The highest BCUT2D eigenvalue weighted by Crippen LogP contribution is 2.23. The van der Waals surface area contributed by atoms with Crippen molar-refractivity contribution in [2.75, 3.05) is 19.7 Å². The summed E-state index contributed by atoms with van der Waals surface area (Å²) in [6.07, 6.45) is 3.42. The van der Waals surface area contributed by atoms with Crippen LogP contribution in [-0.4, -0.2) is 42.6 Å². The van der Waals surface area contributed by atoms with Crippen molar-refractivity contribution < 1.29 is 9.53 Å². The van der Waals surface area contributed by atoms with Gasteiger partial charge in [-0.3, -0.25) is 9.69 Å². The molecule has 0 aromatic carbocycles. The van der Waals surface area contributed by atoms with E-state index >= 15 is 0 Å². The molecule has 1 saturated carbocycles. The van der Waals surface area contributed by atoms with Crippen molar-refractivity contribution in [2.24, 2.45) is 5.73 Å². The molecule has 4 nitrogen and oxygen atoms in total. The molecule has 2 N–H and O–H groups in total. The molecular formula is C9H16N2O2. The molecule has 1 aliphatic carbocycles. The summed E-state index contributed by atoms with van der Waals surface area (Å²) in [5.41, 5.74) is 5.96. The van der Waals surface area contributed by atoms with Gasteiger partial charge in [0.25, 0.3) is 0 Å². The van der Waals surface area contributed by atoms with Gasteiger partial charge in [0.15, 0.2) is 0 Å². The molecule has 0 bridgehead atoms. The Kier molecular flexibility index (Phi) is 2.51. The Morgan fingerprint density at radius 3 is 2.92 bits per heavy atom. The third kappa shape index (κ3) is 1.84. The quantitative estimate of drug-likeness (QED) is 0.570. The highest BCUT2D eigenvalue weighted by Gasteiger charge is 2.32. The summed E-state index contributed by atoms with van der Waals surface area (Å²) in [4.78, 5) is 13.2. The molecule has 0 aromatic heterocycles. The number of cyclic esters (lactones) is 1. The van der Waals surface area contributed by atoms with Gasteiger partial charge in [-0.25, -0.2) is 0 Å². The number of hydrogen-bond acceptors (Lipinski definition) is 4. The summed E-state index contributed by atoms with van der Waals surface area (Å²) < 4.78 is 4.88. The van der Waals surface area contributed by atoms with E-state index in [4.69, 9.17) is 10.5 Å². The Morgan fingerprint density at radius 2 is 2.31 bits per heavy atom. The molecule has 2 atom stereocenters. The lowest BCUT2D eigenvalue weighted by Gasteiger charge is -2.33. The average Bonchev–Trinajstić information content (AvgIpc) is 2.51. The molecule has 0 radical (unpaired) electrons. The molecule has 13 heavy (non-hydrogen) atoms. The van der Waals surface area contributed by atoms with Gasteiger partial charge in [0.1, 0.15) is 6.61 Å². The predicted octanol–water partition coefficient (Wildman–Crippen LogP) is -0.275. The van der Waals surface area contributed by atoms with E-state index in [-0.39, 0.29) is 12.0 Å². The minimum atomic E-state index is -0.106. The van der Waals surface area contributed by atoms with Crippen LogP contribution in [0.4, 0.5) is 0 Å². The van der Waals surface area contributed by atoms with Crippen LogP contribution in [0.3, 0.4) is 0 Å². The van der Waals surface area contributed by atoms with Gasteiger partial charge in [0.2, 0.25) is 0 Å². The number of esters is 1. The molecule has 0 spiro atoms. The number of morpholine rings is 1. The van der Waals surface area contributed by atoms with Crippen LogP contribution in [0.5, 0.6) is 0 Å². The number of carbonyl (C=O) groups excluding carboxylic acids is 1. The number of nitrogens with zero attached hydrogens (tertiary/aromatic N) is 1. The normalized spacial score (nSPS) is 36.2. The Bertz CT molecular complexity index is 208. The monoisotopic (exact) mass is 184 g/mol. The van der Waals surface area contributed by atoms with E-state index in [1.54, 1.807) is 0 Å². The summed E-state index contributed by atoms with van der Waals surface area (Å²) in [5, 5.41) is 0. The van der Waals surface area contributed by atoms with Crippen LogP contribution in [0.25, 0.3) is 0 Å². The van der Waals surface area contributed by atoms with E-state index in [0.717, 1.165) is 19.4 Å². The Hall–Kier alpha value is -0.610. The first kappa shape index (κ1) is 8.97. The molecule has 0 aromatic rings. The number of carbonyl (C=O) groups is 1. The summed E-state index contributed by atoms with van der Waals surface area (Å²) in [6, 6.07) is 0.666. The SMILES string of the molecule is NC1CCCC1N1CCOC(=O)C1. The van der Waals surface area contributed by atoms with E-state index in [1.807, 2.05) is 0 Å². The molecule has 4 heteroatoms. The Morgan fingerprint density at radius 1 is 1.46 bits per heavy atom. The Labute approximate surface area is 78.0 Å². The number of hydrogen-bond donors (Lipinski definition) is 1. The van der Waals surface area contributed by atoms with E-state index in [1.165, 1.54) is 6.42 Å². The van der Waals surface area contributed by atoms with Gasteiger partial charge in [0, 0.05) is 18.6 Å². The van der Waals surface area contributed by atoms with Gasteiger partial charge >= 0.3 is 5.97 Å². The van der Waals surface area contributed by atoms with Crippen molar-refractivity contribution in [2.45, 2.75) is 31.3 Å². The highest BCUT2D eigenvalue weighted by atomic mass is 16.5. The first-order valence-electron chi connectivity index (χ1n) is 4.92. The van der Waals surface area contributed by atoms with Crippen molar-refractivity contribution in [3.63, 3.8) is 0 Å². The summed E-state index contributed by atoms with van der Waals surface area (Å²) in [6.45, 7) is 1.81. The maximum absolute atomic E-state index is 11.0. The minimum absolute atomic E-state index is 0.106. The third-order valence-corrected chi connectivity index (χ3v) is 2.97. The highest BCUT2D eigenvalue weighted by molar-refractivity contribution is 5.72. The molecule has 1 aliphatic heterocycles. The molecule has 2 aliphatic rings. The van der Waals surface area contributed by atoms with Gasteiger partial charge in [-0.2, -0.15) is 0 Å². The first-order chi connectivity index (χ1) is 6.27. The van der Waals surface area contributed by atoms with Gasteiger partial charge in [0.05, 0.1) is 6.54 Å². The van der Waals surface area contributed by atoms with Crippen LogP contribution in [0.2, 0.25) is 0 Å². The molecule has 1 saturated heterocycles. The second-order valence-electron chi connectivity index (χ2n) is 3.85. The zero-order chi connectivity index (χ0) is 9.26. The van der Waals surface area contributed by atoms with Crippen LogP contribution in [0.1, 0.15) is 19.3 Å². The van der Waals surface area contributed by atoms with E-state index in [0.29, 0.717) is 19.2 Å². The second kappa shape index (κ2) is 3.64. The number of nitrogens with two attached hydrogens (primary N) is 1. The molecule has 2 rings (SSSR count). The number of rotatable bonds is 1. The van der Waals surface area contributed by atoms with E-state index in [2.05, 4.69) is 4.90 Å². The lowest BCUT2D eigenvalue weighted by molar-refractivity contribution is -0.151. The largest absolute Gasteiger partial charge is 0.463 e. The zero-order valence-electron chi connectivity index (χ0n) is 7.74. The molecule has 2 unspecified atom stereocenters. The molecule has 2 fully saturated rings. The summed E-state index contributed by atoms with van der Waals surface area (Å²) in [7, 11) is 0. The summed E-state index contributed by atoms with van der Waals surface area (Å²) in [5.74, 6) is -0.106. The van der Waals surface area contributed by atoms with Crippen molar-refractivity contribution >= 4 is 5.97 Å². The second-order valence-corrected chi connectivity index (χ2v) is 3.85. The van der Waals surface area contributed by atoms with Crippen LogP contribution >= 0.6 is 0 Å². The standard InChI is InChI=1S/C9H16N2O2/c10-7-2-1-3-8(7)11-4-5-13-9(12)6-11/h7-8H,1-6,10H2. The fourth-order valence-corrected chi connectivity index (χ4v) is 2.27. The van der Waals surface area contributed by atoms with Crippen molar-refractivity contribution in [1.29, 1.82) is 0 Å². The molecular weight excluding hydrogens is 168 g/mol. The topological polar surface area (TPSA) is 55.6 Å². The molecule has 1 heterocycles. The van der Waals surface area contributed by atoms with Gasteiger partial charge in [-0.1, -0.05) is 6.42 Å². The fraction of sp³-hybridized carbons (Fsp3) is 0.889. The number of ether oxygens (including phenoxy) is 1. The van der Waals surface area contributed by atoms with E-state index < -0.39 is 0 Å². The summed E-state index contributed by atoms with van der Waals surface area (Å²) >= 11 is 0. The minimum Gasteiger partial charge on any atom is -0.463 e. The predicted molar refractivity (Wildman–Crippen MR) is 48.1 cm³/mol. The van der Waals surface area contributed by atoms with Gasteiger partial charge in [-0.05, 0) is 12.8 Å². The van der Waals surface area contributed by atoms with Crippen LogP contribution in [0, 0.1) is 0 Å². The van der Waals surface area contributed by atoms with Crippen LogP contribution in [-0.2, 0) is 9.53 Å². The average molecular weight is 184 g/mol. The van der Waals surface area contributed by atoms with E-state index in [9.17, 15) is 4.79 Å². The zero-order valence-corrected chi connectivity index (χ0v) is 7.74. The van der Waals surface area contributed by atoms with Crippen LogP contribution < -0.4 is 5.73 Å². The third-order valence-electron chi connectivity index (χ3n) is 2.97. The van der Waals surface area contributed by atoms with Gasteiger partial charge in [-0.15, -0.1) is 0 Å². The maximum Gasteiger partial charge on any atom is 0.320 e. The van der Waals surface area contributed by atoms with Crippen LogP contribution in [0.15, 0.2) is 0 Å². The lowest BCUT2D eigenvalue weighted by Crippen LogP contribution is -2.50. The van der Waals surface area contributed by atoms with Crippen molar-refractivity contribution in [3.05, 3.63) is 0 Å². The maximum atomic E-state index is 11.0. The lowest BCUT2D eigenvalue weighted by atomic mass is 10.1. The van der Waals surface area contributed by atoms with Crippen molar-refractivity contribution in [1.82, 2.24) is 4.90 Å². The molecule has 74 valence electrons.